The molecule has 2 aromatic heterocycles. The Balaban J connectivity index is 1.57. The highest BCUT2D eigenvalue weighted by atomic mass is 32.1. The quantitative estimate of drug-likeness (QED) is 0.522. The van der Waals surface area contributed by atoms with Crippen molar-refractivity contribution in [3.05, 3.63) is 76.9 Å². The van der Waals surface area contributed by atoms with Gasteiger partial charge in [0.15, 0.2) is 0 Å². The van der Waals surface area contributed by atoms with Crippen molar-refractivity contribution < 1.29 is 9.53 Å². The summed E-state index contributed by atoms with van der Waals surface area (Å²) in [6.45, 7) is 3.65. The van der Waals surface area contributed by atoms with E-state index in [2.05, 4.69) is 15.3 Å². The zero-order valence-corrected chi connectivity index (χ0v) is 15.7. The molecule has 4 aromatic rings. The lowest BCUT2D eigenvalue weighted by Gasteiger charge is -2.12. The monoisotopic (exact) mass is 375 g/mol. The maximum Gasteiger partial charge on any atom is 0.322 e. The fourth-order valence-corrected chi connectivity index (χ4v) is 3.73. The van der Waals surface area contributed by atoms with Crippen LogP contribution in [0.2, 0.25) is 0 Å². The number of anilines is 1. The molecule has 1 amide bonds. The summed E-state index contributed by atoms with van der Waals surface area (Å²) >= 11 is 1.46. The Labute approximate surface area is 160 Å². The number of aryl methyl sites for hydroxylation is 2. The van der Waals surface area contributed by atoms with Gasteiger partial charge in [-0.25, -0.2) is 0 Å². The van der Waals surface area contributed by atoms with Crippen LogP contribution >= 0.6 is 11.3 Å². The maximum absolute atomic E-state index is 12.7. The molecule has 2 heterocycles. The maximum atomic E-state index is 12.7. The first-order valence-electron chi connectivity index (χ1n) is 8.48. The molecular formula is C21H17N3O2S. The van der Waals surface area contributed by atoms with E-state index in [0.29, 0.717) is 27.7 Å². The summed E-state index contributed by atoms with van der Waals surface area (Å²) in [6, 6.07) is 19.4. The molecule has 6 heteroatoms. The smallest absolute Gasteiger partial charge is 0.322 e. The fraction of sp³-hybridized carbons (Fsp3) is 0.0952. The molecule has 0 spiro atoms. The lowest BCUT2D eigenvalue weighted by molar-refractivity contribution is 0.103. The Kier molecular flexibility index (Phi) is 4.56. The van der Waals surface area contributed by atoms with E-state index in [-0.39, 0.29) is 11.9 Å². The molecule has 27 heavy (non-hydrogen) atoms. The number of thiophene rings is 1. The molecule has 4 rings (SSSR count). The van der Waals surface area contributed by atoms with Gasteiger partial charge in [-0.1, -0.05) is 36.4 Å². The van der Waals surface area contributed by atoms with Gasteiger partial charge in [0, 0.05) is 4.70 Å². The summed E-state index contributed by atoms with van der Waals surface area (Å²) in [5, 5.41) is 4.00. The average molecular weight is 375 g/mol. The lowest BCUT2D eigenvalue weighted by atomic mass is 10.2. The molecule has 0 saturated carbocycles. The summed E-state index contributed by atoms with van der Waals surface area (Å²) in [4.78, 5) is 22.1. The van der Waals surface area contributed by atoms with Crippen LogP contribution in [-0.4, -0.2) is 15.9 Å². The van der Waals surface area contributed by atoms with Crippen LogP contribution in [0.1, 0.15) is 21.1 Å². The second-order valence-electron chi connectivity index (χ2n) is 6.07. The number of carbonyl (C=O) groups excluding carboxylic acids is 1. The third kappa shape index (κ3) is 3.66. The number of nitrogens with zero attached hydrogens (tertiary/aromatic N) is 2. The van der Waals surface area contributed by atoms with Gasteiger partial charge in [0.05, 0.1) is 22.0 Å². The van der Waals surface area contributed by atoms with Gasteiger partial charge >= 0.3 is 6.01 Å². The summed E-state index contributed by atoms with van der Waals surface area (Å²) < 4.78 is 6.77. The van der Waals surface area contributed by atoms with Crippen LogP contribution in [0, 0.1) is 13.8 Å². The SMILES string of the molecule is Cc1nc(Oc2ccccc2)nc(C)c1NC(=O)c1cc2ccccc2s1. The highest BCUT2D eigenvalue weighted by molar-refractivity contribution is 7.20. The van der Waals surface area contributed by atoms with Gasteiger partial charge in [0.25, 0.3) is 5.91 Å². The molecule has 0 saturated heterocycles. The number of amides is 1. The highest BCUT2D eigenvalue weighted by Gasteiger charge is 2.16. The van der Waals surface area contributed by atoms with Crippen molar-refractivity contribution in [3.63, 3.8) is 0 Å². The van der Waals surface area contributed by atoms with Gasteiger partial charge < -0.3 is 10.1 Å². The molecule has 0 bridgehead atoms. The van der Waals surface area contributed by atoms with Crippen LogP contribution in [0.25, 0.3) is 10.1 Å². The van der Waals surface area contributed by atoms with E-state index in [0.717, 1.165) is 10.1 Å². The minimum atomic E-state index is -0.164. The Morgan fingerprint density at radius 1 is 0.963 bits per heavy atom. The van der Waals surface area contributed by atoms with Gasteiger partial charge in [-0.05, 0) is 43.5 Å². The van der Waals surface area contributed by atoms with E-state index in [1.807, 2.05) is 74.5 Å². The number of para-hydroxylation sites is 1. The van der Waals surface area contributed by atoms with Crippen LogP contribution in [0.4, 0.5) is 5.69 Å². The normalized spacial score (nSPS) is 10.7. The Hall–Kier alpha value is -3.25. The van der Waals surface area contributed by atoms with Crippen LogP contribution in [0.5, 0.6) is 11.8 Å². The third-order valence-electron chi connectivity index (χ3n) is 4.09. The van der Waals surface area contributed by atoms with E-state index in [1.54, 1.807) is 0 Å². The number of aromatic nitrogens is 2. The third-order valence-corrected chi connectivity index (χ3v) is 5.21. The lowest BCUT2D eigenvalue weighted by Crippen LogP contribution is -2.14. The van der Waals surface area contributed by atoms with Crippen molar-refractivity contribution in [3.8, 4) is 11.8 Å². The number of ether oxygens (including phenoxy) is 1. The van der Waals surface area contributed by atoms with E-state index in [1.165, 1.54) is 11.3 Å². The van der Waals surface area contributed by atoms with Crippen LogP contribution in [-0.2, 0) is 0 Å². The summed E-state index contributed by atoms with van der Waals surface area (Å²) in [7, 11) is 0. The fourth-order valence-electron chi connectivity index (χ4n) is 2.77. The molecule has 0 atom stereocenters. The number of carbonyl (C=O) groups is 1. The van der Waals surface area contributed by atoms with E-state index in [9.17, 15) is 4.79 Å². The van der Waals surface area contributed by atoms with Gasteiger partial charge in [0.1, 0.15) is 5.75 Å². The van der Waals surface area contributed by atoms with Crippen molar-refractivity contribution in [1.29, 1.82) is 0 Å². The molecule has 1 N–H and O–H groups in total. The van der Waals surface area contributed by atoms with Crippen LogP contribution in [0.3, 0.4) is 0 Å². The molecule has 5 nitrogen and oxygen atoms in total. The van der Waals surface area contributed by atoms with Gasteiger partial charge in [-0.3, -0.25) is 4.79 Å². The minimum absolute atomic E-state index is 0.164. The first kappa shape index (κ1) is 17.2. The number of rotatable bonds is 4. The highest BCUT2D eigenvalue weighted by Crippen LogP contribution is 2.28. The van der Waals surface area contributed by atoms with Crippen LogP contribution < -0.4 is 10.1 Å². The number of fused-ring (bicyclic) bond motifs is 1. The van der Waals surface area contributed by atoms with Crippen molar-refractivity contribution in [2.45, 2.75) is 13.8 Å². The number of hydrogen-bond donors (Lipinski definition) is 1. The van der Waals surface area contributed by atoms with E-state index < -0.39 is 0 Å². The van der Waals surface area contributed by atoms with Gasteiger partial charge in [-0.2, -0.15) is 9.97 Å². The predicted octanol–water partition coefficient (Wildman–Crippen LogP) is 5.35. The minimum Gasteiger partial charge on any atom is -0.424 e. The van der Waals surface area contributed by atoms with Gasteiger partial charge in [-0.15, -0.1) is 11.3 Å². The number of hydrogen-bond acceptors (Lipinski definition) is 5. The van der Waals surface area contributed by atoms with E-state index >= 15 is 0 Å². The summed E-state index contributed by atoms with van der Waals surface area (Å²) in [5.74, 6) is 0.501. The Morgan fingerprint density at radius 3 is 2.33 bits per heavy atom. The zero-order chi connectivity index (χ0) is 18.8. The largest absolute Gasteiger partial charge is 0.424 e. The summed E-state index contributed by atoms with van der Waals surface area (Å²) in [6.07, 6.45) is 0. The van der Waals surface area contributed by atoms with Crippen molar-refractivity contribution in [2.24, 2.45) is 0 Å². The van der Waals surface area contributed by atoms with Crippen molar-refractivity contribution in [1.82, 2.24) is 9.97 Å². The second kappa shape index (κ2) is 7.17. The average Bonchev–Trinajstić information content (AvgIpc) is 3.10. The predicted molar refractivity (Wildman–Crippen MR) is 108 cm³/mol. The molecule has 0 unspecified atom stereocenters. The topological polar surface area (TPSA) is 64.1 Å². The van der Waals surface area contributed by atoms with Crippen molar-refractivity contribution >= 4 is 33.0 Å². The summed E-state index contributed by atoms with van der Waals surface area (Å²) in [5.41, 5.74) is 1.92. The molecule has 0 aliphatic heterocycles. The molecule has 0 aliphatic carbocycles. The molecule has 2 aromatic carbocycles. The second-order valence-corrected chi connectivity index (χ2v) is 7.15. The first-order chi connectivity index (χ1) is 13.1. The standard InChI is InChI=1S/C21H17N3O2S/c1-13-19(14(2)23-21(22-13)26-16-9-4-3-5-10-16)24-20(25)18-12-15-8-6-7-11-17(15)27-18/h3-12H,1-2H3,(H,24,25). The first-order valence-corrected chi connectivity index (χ1v) is 9.30. The zero-order valence-electron chi connectivity index (χ0n) is 14.9. The molecule has 0 radical (unpaired) electrons. The number of benzene rings is 2. The number of nitrogens with one attached hydrogen (secondary N) is 1. The van der Waals surface area contributed by atoms with Gasteiger partial charge in [0.2, 0.25) is 0 Å². The molecule has 0 aliphatic rings. The molecular weight excluding hydrogens is 358 g/mol. The molecule has 0 fully saturated rings. The van der Waals surface area contributed by atoms with Crippen LogP contribution in [0.15, 0.2) is 60.7 Å². The Morgan fingerprint density at radius 2 is 1.63 bits per heavy atom. The van der Waals surface area contributed by atoms with E-state index in [4.69, 9.17) is 4.74 Å². The molecule has 134 valence electrons. The Bertz CT molecular complexity index is 1070. The van der Waals surface area contributed by atoms with Crippen molar-refractivity contribution in [2.75, 3.05) is 5.32 Å².